The number of carbonyl (C=O) groups excluding carboxylic acids is 2. The van der Waals surface area contributed by atoms with Gasteiger partial charge in [0.25, 0.3) is 5.91 Å². The molecule has 1 aromatic carbocycles. The van der Waals surface area contributed by atoms with Gasteiger partial charge in [0.1, 0.15) is 11.1 Å². The Hall–Kier alpha value is -2.36. The monoisotopic (exact) mass is 388 g/mol. The Balaban J connectivity index is 1.64. The van der Waals surface area contributed by atoms with Gasteiger partial charge in [-0.05, 0) is 48.9 Å². The zero-order valence-corrected chi connectivity index (χ0v) is 15.7. The van der Waals surface area contributed by atoms with E-state index in [0.29, 0.717) is 21.5 Å². The van der Waals surface area contributed by atoms with Crippen LogP contribution in [-0.2, 0) is 22.4 Å². The average Bonchev–Trinajstić information content (AvgIpc) is 2.95. The largest absolute Gasteiger partial charge is 0.452 e. The van der Waals surface area contributed by atoms with E-state index < -0.39 is 18.5 Å². The lowest BCUT2D eigenvalue weighted by Crippen LogP contribution is -2.20. The molecular formula is C19H17ClN2O3S. The molecule has 1 N–H and O–H groups in total. The number of halogens is 1. The molecule has 0 bridgehead atoms. The predicted molar refractivity (Wildman–Crippen MR) is 101 cm³/mol. The van der Waals surface area contributed by atoms with Crippen molar-refractivity contribution in [1.82, 2.24) is 0 Å². The Morgan fingerprint density at radius 3 is 3.00 bits per heavy atom. The van der Waals surface area contributed by atoms with E-state index in [1.807, 2.05) is 0 Å². The number of fused-ring (bicyclic) bond motifs is 1. The Bertz CT molecular complexity index is 901. The number of thiophene rings is 1. The quantitative estimate of drug-likeness (QED) is 0.796. The third-order valence-corrected chi connectivity index (χ3v) is 5.68. The van der Waals surface area contributed by atoms with Crippen molar-refractivity contribution < 1.29 is 14.3 Å². The maximum Gasteiger partial charge on any atom is 0.338 e. The fourth-order valence-electron chi connectivity index (χ4n) is 2.95. The van der Waals surface area contributed by atoms with E-state index in [4.69, 9.17) is 16.3 Å². The van der Waals surface area contributed by atoms with Crippen LogP contribution in [0.4, 0.5) is 5.00 Å². The third-order valence-electron chi connectivity index (χ3n) is 4.27. The molecule has 26 heavy (non-hydrogen) atoms. The van der Waals surface area contributed by atoms with Crippen molar-refractivity contribution in [3.8, 4) is 6.07 Å². The Labute approximate surface area is 160 Å². The summed E-state index contributed by atoms with van der Waals surface area (Å²) in [5.41, 5.74) is 1.86. The lowest BCUT2D eigenvalue weighted by atomic mass is 9.89. The van der Waals surface area contributed by atoms with E-state index in [9.17, 15) is 14.9 Å². The number of nitriles is 1. The van der Waals surface area contributed by atoms with Crippen molar-refractivity contribution in [2.24, 2.45) is 5.92 Å². The molecule has 1 amide bonds. The number of rotatable bonds is 4. The van der Waals surface area contributed by atoms with Crippen LogP contribution in [0, 0.1) is 17.2 Å². The zero-order valence-electron chi connectivity index (χ0n) is 14.2. The van der Waals surface area contributed by atoms with Crippen LogP contribution < -0.4 is 5.32 Å². The van der Waals surface area contributed by atoms with E-state index >= 15 is 0 Å². The molecule has 0 spiro atoms. The van der Waals surface area contributed by atoms with Crippen LogP contribution in [0.15, 0.2) is 24.3 Å². The van der Waals surface area contributed by atoms with Gasteiger partial charge in [0.15, 0.2) is 6.61 Å². The van der Waals surface area contributed by atoms with Gasteiger partial charge in [0.2, 0.25) is 0 Å². The first-order valence-corrected chi connectivity index (χ1v) is 9.44. The molecule has 0 unspecified atom stereocenters. The number of benzene rings is 1. The summed E-state index contributed by atoms with van der Waals surface area (Å²) in [6, 6.07) is 8.52. The van der Waals surface area contributed by atoms with Gasteiger partial charge in [0, 0.05) is 9.90 Å². The molecule has 1 aliphatic carbocycles. The SMILES string of the molecule is C[C@H]1CCc2c(sc(NC(=O)COC(=O)c3cccc(Cl)c3)c2C#N)C1. The van der Waals surface area contributed by atoms with Gasteiger partial charge in [-0.2, -0.15) is 5.26 Å². The maximum absolute atomic E-state index is 12.1. The molecule has 0 saturated carbocycles. The number of esters is 1. The summed E-state index contributed by atoms with van der Waals surface area (Å²) in [7, 11) is 0. The zero-order chi connectivity index (χ0) is 18.7. The molecule has 3 rings (SSSR count). The van der Waals surface area contributed by atoms with E-state index in [-0.39, 0.29) is 5.56 Å². The van der Waals surface area contributed by atoms with Gasteiger partial charge < -0.3 is 10.1 Å². The number of hydrogen-bond acceptors (Lipinski definition) is 5. The molecule has 1 aromatic heterocycles. The number of ether oxygens (including phenoxy) is 1. The number of nitrogens with zero attached hydrogens (tertiary/aromatic N) is 1. The normalized spacial score (nSPS) is 15.7. The van der Waals surface area contributed by atoms with E-state index in [1.165, 1.54) is 17.4 Å². The Morgan fingerprint density at radius 2 is 2.27 bits per heavy atom. The molecule has 5 nitrogen and oxygen atoms in total. The highest BCUT2D eigenvalue weighted by Gasteiger charge is 2.24. The van der Waals surface area contributed by atoms with Crippen LogP contribution in [0.1, 0.15) is 39.7 Å². The molecule has 0 fully saturated rings. The fraction of sp³-hybridized carbons (Fsp3) is 0.316. The van der Waals surface area contributed by atoms with Crippen LogP contribution in [0.5, 0.6) is 0 Å². The second-order valence-electron chi connectivity index (χ2n) is 6.30. The summed E-state index contributed by atoms with van der Waals surface area (Å²) in [5.74, 6) is -0.513. The van der Waals surface area contributed by atoms with Gasteiger partial charge in [-0.25, -0.2) is 4.79 Å². The number of carbonyl (C=O) groups is 2. The summed E-state index contributed by atoms with van der Waals surface area (Å²) >= 11 is 7.27. The van der Waals surface area contributed by atoms with Crippen molar-refractivity contribution in [3.05, 3.63) is 50.9 Å². The minimum Gasteiger partial charge on any atom is -0.452 e. The van der Waals surface area contributed by atoms with Crippen molar-refractivity contribution in [3.63, 3.8) is 0 Å². The summed E-state index contributed by atoms with van der Waals surface area (Å²) < 4.78 is 5.02. The summed E-state index contributed by atoms with van der Waals surface area (Å²) in [5, 5.41) is 13.1. The van der Waals surface area contributed by atoms with Crippen molar-refractivity contribution in [2.75, 3.05) is 11.9 Å². The summed E-state index contributed by atoms with van der Waals surface area (Å²) in [6.07, 6.45) is 2.83. The average molecular weight is 389 g/mol. The van der Waals surface area contributed by atoms with Crippen LogP contribution >= 0.6 is 22.9 Å². The molecule has 0 radical (unpaired) electrons. The second-order valence-corrected chi connectivity index (χ2v) is 7.84. The number of anilines is 1. The number of amides is 1. The van der Waals surface area contributed by atoms with Crippen molar-refractivity contribution in [2.45, 2.75) is 26.2 Å². The summed E-state index contributed by atoms with van der Waals surface area (Å²) in [6.45, 7) is 1.76. The molecule has 0 saturated heterocycles. The molecule has 134 valence electrons. The predicted octanol–water partition coefficient (Wildman–Crippen LogP) is 4.19. The Morgan fingerprint density at radius 1 is 1.46 bits per heavy atom. The lowest BCUT2D eigenvalue weighted by Gasteiger charge is -2.17. The third kappa shape index (κ3) is 4.06. The first-order valence-electron chi connectivity index (χ1n) is 8.25. The minimum atomic E-state index is -0.623. The van der Waals surface area contributed by atoms with E-state index in [1.54, 1.807) is 18.2 Å². The van der Waals surface area contributed by atoms with Crippen molar-refractivity contribution >= 4 is 39.8 Å². The first-order chi connectivity index (χ1) is 12.5. The highest BCUT2D eigenvalue weighted by molar-refractivity contribution is 7.16. The highest BCUT2D eigenvalue weighted by atomic mass is 35.5. The summed E-state index contributed by atoms with van der Waals surface area (Å²) in [4.78, 5) is 25.3. The fourth-order valence-corrected chi connectivity index (χ4v) is 4.52. The topological polar surface area (TPSA) is 79.2 Å². The van der Waals surface area contributed by atoms with Gasteiger partial charge >= 0.3 is 5.97 Å². The van der Waals surface area contributed by atoms with E-state index in [2.05, 4.69) is 18.3 Å². The molecule has 7 heteroatoms. The van der Waals surface area contributed by atoms with Crippen LogP contribution in [-0.4, -0.2) is 18.5 Å². The van der Waals surface area contributed by atoms with Gasteiger partial charge in [-0.1, -0.05) is 24.6 Å². The maximum atomic E-state index is 12.1. The van der Waals surface area contributed by atoms with Gasteiger partial charge in [-0.15, -0.1) is 11.3 Å². The first kappa shape index (κ1) is 18.4. The number of nitrogens with one attached hydrogen (secondary N) is 1. The lowest BCUT2D eigenvalue weighted by molar-refractivity contribution is -0.119. The minimum absolute atomic E-state index is 0.281. The highest BCUT2D eigenvalue weighted by Crippen LogP contribution is 2.39. The van der Waals surface area contributed by atoms with Crippen LogP contribution in [0.25, 0.3) is 0 Å². The van der Waals surface area contributed by atoms with Crippen LogP contribution in [0.3, 0.4) is 0 Å². The standard InChI is InChI=1S/C19H17ClN2O3S/c1-11-5-6-14-15(9-21)18(26-16(14)7-11)22-17(23)10-25-19(24)12-3-2-4-13(20)8-12/h2-4,8,11H,5-7,10H2,1H3,(H,22,23)/t11-/m0/s1. The molecule has 1 heterocycles. The molecule has 1 aliphatic rings. The Kier molecular flexibility index (Phi) is 5.60. The number of hydrogen-bond donors (Lipinski definition) is 1. The van der Waals surface area contributed by atoms with Crippen LogP contribution in [0.2, 0.25) is 5.02 Å². The van der Waals surface area contributed by atoms with Gasteiger partial charge in [-0.3, -0.25) is 4.79 Å². The molecule has 1 atom stereocenters. The van der Waals surface area contributed by atoms with Crippen molar-refractivity contribution in [1.29, 1.82) is 5.26 Å². The van der Waals surface area contributed by atoms with Gasteiger partial charge in [0.05, 0.1) is 11.1 Å². The molecule has 2 aromatic rings. The molecular weight excluding hydrogens is 372 g/mol. The smallest absolute Gasteiger partial charge is 0.338 e. The molecule has 0 aliphatic heterocycles. The second kappa shape index (κ2) is 7.90. The van der Waals surface area contributed by atoms with E-state index in [0.717, 1.165) is 29.7 Å².